The zero-order valence-electron chi connectivity index (χ0n) is 13.6. The third-order valence-corrected chi connectivity index (χ3v) is 5.54. The van der Waals surface area contributed by atoms with Crippen molar-refractivity contribution in [3.05, 3.63) is 42.0 Å². The Morgan fingerprint density at radius 3 is 2.54 bits per heavy atom. The largest absolute Gasteiger partial charge is 0.486 e. The molecule has 0 aromatic heterocycles. The molecule has 0 spiro atoms. The van der Waals surface area contributed by atoms with Crippen molar-refractivity contribution in [1.29, 1.82) is 0 Å². The van der Waals surface area contributed by atoms with E-state index in [0.717, 1.165) is 21.2 Å². The first-order valence-corrected chi connectivity index (χ1v) is 9.84. The van der Waals surface area contributed by atoms with Crippen molar-refractivity contribution in [2.75, 3.05) is 30.5 Å². The highest BCUT2D eigenvalue weighted by Crippen LogP contribution is 2.39. The number of aryl methyl sites for hydroxylation is 1. The first-order chi connectivity index (χ1) is 11.7. The van der Waals surface area contributed by atoms with Gasteiger partial charge in [0.15, 0.2) is 11.5 Å². The molecule has 0 unspecified atom stereocenters. The smallest absolute Gasteiger partial charge is 0.234 e. The fraction of sp³-hybridized carbons (Fsp3) is 0.278. The predicted octanol–water partition coefficient (Wildman–Crippen LogP) is 4.22. The Hall–Kier alpha value is -1.79. The van der Waals surface area contributed by atoms with Crippen LogP contribution in [0.1, 0.15) is 5.56 Å². The minimum Gasteiger partial charge on any atom is -0.486 e. The molecule has 1 N–H and O–H groups in total. The van der Waals surface area contributed by atoms with Crippen LogP contribution in [0.25, 0.3) is 0 Å². The molecular weight excluding hydrogens is 342 g/mol. The van der Waals surface area contributed by atoms with Gasteiger partial charge in [-0.2, -0.15) is 0 Å². The quantitative estimate of drug-likeness (QED) is 0.808. The Morgan fingerprint density at radius 1 is 1.12 bits per heavy atom. The van der Waals surface area contributed by atoms with Crippen LogP contribution >= 0.6 is 23.5 Å². The number of hydrogen-bond donors (Lipinski definition) is 1. The number of anilines is 1. The van der Waals surface area contributed by atoms with Crippen LogP contribution in [0.15, 0.2) is 46.2 Å². The molecule has 0 atom stereocenters. The summed E-state index contributed by atoms with van der Waals surface area (Å²) in [5, 5.41) is 2.99. The van der Waals surface area contributed by atoms with Crippen LogP contribution in [-0.2, 0) is 4.79 Å². The SMILES string of the molecule is CSc1cc2c(cc1NC(=O)CSc1ccccc1C)OCCO2. The van der Waals surface area contributed by atoms with E-state index in [9.17, 15) is 4.79 Å². The van der Waals surface area contributed by atoms with E-state index >= 15 is 0 Å². The maximum Gasteiger partial charge on any atom is 0.234 e. The minimum absolute atomic E-state index is 0.0322. The highest BCUT2D eigenvalue weighted by Gasteiger charge is 2.17. The van der Waals surface area contributed by atoms with Gasteiger partial charge < -0.3 is 14.8 Å². The summed E-state index contributed by atoms with van der Waals surface area (Å²) in [7, 11) is 0. The number of thioether (sulfide) groups is 2. The summed E-state index contributed by atoms with van der Waals surface area (Å²) in [6, 6.07) is 11.8. The molecule has 0 aliphatic carbocycles. The number of rotatable bonds is 5. The second-order valence-corrected chi connectivity index (χ2v) is 7.16. The molecule has 1 aliphatic rings. The zero-order chi connectivity index (χ0) is 16.9. The molecule has 0 bridgehead atoms. The maximum absolute atomic E-state index is 12.3. The number of amides is 1. The molecule has 0 saturated carbocycles. The summed E-state index contributed by atoms with van der Waals surface area (Å²) < 4.78 is 11.2. The van der Waals surface area contributed by atoms with Crippen LogP contribution in [0.4, 0.5) is 5.69 Å². The summed E-state index contributed by atoms with van der Waals surface area (Å²) in [5.74, 6) is 1.75. The molecule has 0 fully saturated rings. The van der Waals surface area contributed by atoms with Crippen LogP contribution < -0.4 is 14.8 Å². The van der Waals surface area contributed by atoms with Crippen molar-refractivity contribution in [3.63, 3.8) is 0 Å². The van der Waals surface area contributed by atoms with Gasteiger partial charge in [-0.25, -0.2) is 0 Å². The van der Waals surface area contributed by atoms with E-state index in [4.69, 9.17) is 9.47 Å². The van der Waals surface area contributed by atoms with Crippen molar-refractivity contribution in [3.8, 4) is 11.5 Å². The normalized spacial score (nSPS) is 12.8. The molecule has 1 aliphatic heterocycles. The first kappa shape index (κ1) is 17.0. The molecule has 2 aromatic carbocycles. The van der Waals surface area contributed by atoms with E-state index in [1.54, 1.807) is 23.5 Å². The van der Waals surface area contributed by atoms with Gasteiger partial charge in [0, 0.05) is 15.9 Å². The highest BCUT2D eigenvalue weighted by molar-refractivity contribution is 8.00. The molecule has 126 valence electrons. The van der Waals surface area contributed by atoms with E-state index in [1.807, 2.05) is 49.6 Å². The van der Waals surface area contributed by atoms with Crippen molar-refractivity contribution in [2.24, 2.45) is 0 Å². The topological polar surface area (TPSA) is 47.6 Å². The van der Waals surface area contributed by atoms with Gasteiger partial charge in [0.2, 0.25) is 5.91 Å². The standard InChI is InChI=1S/C18H19NO3S2/c1-12-5-3-4-6-16(12)24-11-18(20)19-13-9-14-15(10-17(13)23-2)22-8-7-21-14/h3-6,9-10H,7-8,11H2,1-2H3,(H,19,20). The Kier molecular flexibility index (Phi) is 5.58. The van der Waals surface area contributed by atoms with Crippen LogP contribution in [0, 0.1) is 6.92 Å². The highest BCUT2D eigenvalue weighted by atomic mass is 32.2. The van der Waals surface area contributed by atoms with E-state index in [2.05, 4.69) is 5.32 Å². The van der Waals surface area contributed by atoms with E-state index in [0.29, 0.717) is 24.7 Å². The van der Waals surface area contributed by atoms with E-state index in [-0.39, 0.29) is 5.91 Å². The van der Waals surface area contributed by atoms with Crippen molar-refractivity contribution in [1.82, 2.24) is 0 Å². The molecule has 0 saturated heterocycles. The Balaban J connectivity index is 1.68. The van der Waals surface area contributed by atoms with Crippen LogP contribution in [0.3, 0.4) is 0 Å². The molecule has 1 amide bonds. The van der Waals surface area contributed by atoms with Gasteiger partial charge in [0.05, 0.1) is 11.4 Å². The van der Waals surface area contributed by atoms with E-state index < -0.39 is 0 Å². The third-order valence-electron chi connectivity index (χ3n) is 3.59. The third kappa shape index (κ3) is 3.99. The summed E-state index contributed by atoms with van der Waals surface area (Å²) in [5.41, 5.74) is 1.95. The number of hydrogen-bond acceptors (Lipinski definition) is 5. The Labute approximate surface area is 150 Å². The second-order valence-electron chi connectivity index (χ2n) is 5.30. The van der Waals surface area contributed by atoms with Gasteiger partial charge in [-0.3, -0.25) is 4.79 Å². The number of carbonyl (C=O) groups is 1. The number of fused-ring (bicyclic) bond motifs is 1. The summed E-state index contributed by atoms with van der Waals surface area (Å²) in [6.07, 6.45) is 1.98. The van der Waals surface area contributed by atoms with Gasteiger partial charge in [-0.15, -0.1) is 23.5 Å². The molecule has 1 heterocycles. The predicted molar refractivity (Wildman–Crippen MR) is 99.7 cm³/mol. The summed E-state index contributed by atoms with van der Waals surface area (Å²) in [4.78, 5) is 14.4. The number of carbonyl (C=O) groups excluding carboxylic acids is 1. The van der Waals surface area contributed by atoms with Gasteiger partial charge >= 0.3 is 0 Å². The van der Waals surface area contributed by atoms with Gasteiger partial charge in [-0.05, 0) is 30.9 Å². The molecular formula is C18H19NO3S2. The lowest BCUT2D eigenvalue weighted by atomic mass is 10.2. The molecule has 3 rings (SSSR count). The van der Waals surface area contributed by atoms with Crippen LogP contribution in [0.2, 0.25) is 0 Å². The average Bonchev–Trinajstić information content (AvgIpc) is 2.60. The van der Waals surface area contributed by atoms with Crippen LogP contribution in [-0.4, -0.2) is 31.1 Å². The minimum atomic E-state index is -0.0322. The molecule has 6 heteroatoms. The van der Waals surface area contributed by atoms with Gasteiger partial charge in [-0.1, -0.05) is 18.2 Å². The zero-order valence-corrected chi connectivity index (χ0v) is 15.3. The molecule has 4 nitrogen and oxygen atoms in total. The summed E-state index contributed by atoms with van der Waals surface area (Å²) in [6.45, 7) is 3.13. The lowest BCUT2D eigenvalue weighted by molar-refractivity contribution is -0.113. The van der Waals surface area contributed by atoms with Crippen molar-refractivity contribution < 1.29 is 14.3 Å². The number of ether oxygens (including phenoxy) is 2. The number of nitrogens with one attached hydrogen (secondary N) is 1. The second kappa shape index (κ2) is 7.85. The lowest BCUT2D eigenvalue weighted by Crippen LogP contribution is -2.18. The molecule has 24 heavy (non-hydrogen) atoms. The first-order valence-electron chi connectivity index (χ1n) is 7.63. The monoisotopic (exact) mass is 361 g/mol. The number of benzene rings is 2. The van der Waals surface area contributed by atoms with Gasteiger partial charge in [0.25, 0.3) is 0 Å². The fourth-order valence-electron chi connectivity index (χ4n) is 2.38. The Bertz CT molecular complexity index is 749. The Morgan fingerprint density at radius 2 is 1.83 bits per heavy atom. The summed E-state index contributed by atoms with van der Waals surface area (Å²) >= 11 is 3.11. The lowest BCUT2D eigenvalue weighted by Gasteiger charge is -2.21. The van der Waals surface area contributed by atoms with Crippen LogP contribution in [0.5, 0.6) is 11.5 Å². The fourth-order valence-corrected chi connectivity index (χ4v) is 3.77. The molecule has 2 aromatic rings. The van der Waals surface area contributed by atoms with Crippen molar-refractivity contribution in [2.45, 2.75) is 16.7 Å². The van der Waals surface area contributed by atoms with Gasteiger partial charge in [0.1, 0.15) is 13.2 Å². The van der Waals surface area contributed by atoms with Crippen molar-refractivity contribution >= 4 is 35.1 Å². The molecule has 0 radical (unpaired) electrons. The average molecular weight is 361 g/mol. The van der Waals surface area contributed by atoms with E-state index in [1.165, 1.54) is 5.56 Å². The maximum atomic E-state index is 12.3.